The molecule has 3 rings (SSSR count). The number of nitro benzene ring substituents is 1. The number of carbonyl (C=O) groups excluding carboxylic acids is 1. The second-order valence-corrected chi connectivity index (χ2v) is 8.82. The molecule has 0 aliphatic carbocycles. The number of amides is 1. The summed E-state index contributed by atoms with van der Waals surface area (Å²) >= 11 is 0. The minimum absolute atomic E-state index is 0.0487. The van der Waals surface area contributed by atoms with Crippen molar-refractivity contribution < 1.29 is 31.3 Å². The van der Waals surface area contributed by atoms with Crippen molar-refractivity contribution in [3.63, 3.8) is 0 Å². The van der Waals surface area contributed by atoms with Crippen LogP contribution in [0.15, 0.2) is 88.9 Å². The first kappa shape index (κ1) is 25.4. The Kier molecular flexibility index (Phi) is 7.49. The van der Waals surface area contributed by atoms with Crippen molar-refractivity contribution in [1.82, 2.24) is 5.43 Å². The fourth-order valence-electron chi connectivity index (χ4n) is 2.99. The fraction of sp³-hybridized carbons (Fsp3) is 0.0909. The first-order valence-corrected chi connectivity index (χ1v) is 11.2. The van der Waals surface area contributed by atoms with Gasteiger partial charge in [0.25, 0.3) is 21.6 Å². The third-order valence-electron chi connectivity index (χ3n) is 4.58. The molecule has 0 heterocycles. The number of nitrogens with one attached hydrogen (secondary N) is 1. The van der Waals surface area contributed by atoms with E-state index in [1.165, 1.54) is 48.5 Å². The van der Waals surface area contributed by atoms with E-state index in [0.29, 0.717) is 4.31 Å². The maximum Gasteiger partial charge on any atom is 0.416 e. The van der Waals surface area contributed by atoms with E-state index in [2.05, 4.69) is 10.5 Å². The molecule has 0 aromatic heterocycles. The normalized spacial score (nSPS) is 11.9. The lowest BCUT2D eigenvalue weighted by molar-refractivity contribution is -0.387. The van der Waals surface area contributed by atoms with Crippen LogP contribution in [0.2, 0.25) is 0 Å². The number of nitrogens with zero attached hydrogens (tertiary/aromatic N) is 3. The summed E-state index contributed by atoms with van der Waals surface area (Å²) in [6.07, 6.45) is -3.59. The van der Waals surface area contributed by atoms with Gasteiger partial charge in [-0.3, -0.25) is 19.2 Å². The van der Waals surface area contributed by atoms with E-state index in [0.717, 1.165) is 30.5 Å². The van der Waals surface area contributed by atoms with Crippen molar-refractivity contribution in [1.29, 1.82) is 0 Å². The van der Waals surface area contributed by atoms with Gasteiger partial charge in [0.15, 0.2) is 4.90 Å². The highest BCUT2D eigenvalue weighted by Crippen LogP contribution is 2.30. The third kappa shape index (κ3) is 6.20. The number of para-hydroxylation sites is 2. The minimum atomic E-state index is -4.57. The van der Waals surface area contributed by atoms with Crippen molar-refractivity contribution in [3.8, 4) is 0 Å². The van der Waals surface area contributed by atoms with Crippen LogP contribution in [0.5, 0.6) is 0 Å². The third-order valence-corrected chi connectivity index (χ3v) is 6.40. The Morgan fingerprint density at radius 2 is 1.69 bits per heavy atom. The molecule has 1 amide bonds. The number of anilines is 1. The second kappa shape index (κ2) is 10.3. The first-order valence-electron chi connectivity index (χ1n) is 9.80. The largest absolute Gasteiger partial charge is 0.416 e. The number of hydrogen-bond donors (Lipinski definition) is 1. The summed E-state index contributed by atoms with van der Waals surface area (Å²) in [5, 5.41) is 15.0. The summed E-state index contributed by atoms with van der Waals surface area (Å²) in [5.41, 5.74) is 0.592. The summed E-state index contributed by atoms with van der Waals surface area (Å²) in [7, 11) is -4.57. The average molecular weight is 506 g/mol. The molecule has 0 bridgehead atoms. The molecular weight excluding hydrogens is 489 g/mol. The Hall–Kier alpha value is -4.26. The molecular formula is C22H17F3N4O5S. The van der Waals surface area contributed by atoms with E-state index in [9.17, 15) is 36.5 Å². The predicted molar refractivity (Wildman–Crippen MR) is 121 cm³/mol. The summed E-state index contributed by atoms with van der Waals surface area (Å²) in [6.45, 7) is -0.807. The highest BCUT2D eigenvalue weighted by Gasteiger charge is 2.33. The lowest BCUT2D eigenvalue weighted by Crippen LogP contribution is -2.39. The minimum Gasteiger partial charge on any atom is -0.271 e. The lowest BCUT2D eigenvalue weighted by atomic mass is 10.1. The van der Waals surface area contributed by atoms with E-state index in [1.54, 1.807) is 6.07 Å². The highest BCUT2D eigenvalue weighted by atomic mass is 32.2. The molecule has 182 valence electrons. The van der Waals surface area contributed by atoms with Crippen LogP contribution in [-0.4, -0.2) is 32.0 Å². The van der Waals surface area contributed by atoms with E-state index in [-0.39, 0.29) is 11.3 Å². The Morgan fingerprint density at radius 1 is 1.03 bits per heavy atom. The van der Waals surface area contributed by atoms with Crippen molar-refractivity contribution in [2.75, 3.05) is 10.8 Å². The van der Waals surface area contributed by atoms with Crippen molar-refractivity contribution >= 4 is 33.5 Å². The molecule has 35 heavy (non-hydrogen) atoms. The van der Waals surface area contributed by atoms with Crippen molar-refractivity contribution in [2.24, 2.45) is 5.10 Å². The second-order valence-electron chi connectivity index (χ2n) is 6.99. The molecule has 0 saturated carbocycles. The Labute approximate surface area is 197 Å². The summed E-state index contributed by atoms with van der Waals surface area (Å²) in [4.78, 5) is 22.4. The molecule has 0 unspecified atom stereocenters. The maximum atomic E-state index is 13.3. The topological polar surface area (TPSA) is 122 Å². The van der Waals surface area contributed by atoms with Gasteiger partial charge in [-0.25, -0.2) is 13.8 Å². The highest BCUT2D eigenvalue weighted by molar-refractivity contribution is 7.93. The zero-order chi connectivity index (χ0) is 25.6. The molecule has 0 aliphatic heterocycles. The van der Waals surface area contributed by atoms with Crippen molar-refractivity contribution in [3.05, 3.63) is 100 Å². The molecule has 3 aromatic rings. The molecule has 3 aromatic carbocycles. The van der Waals surface area contributed by atoms with Gasteiger partial charge in [-0.1, -0.05) is 42.5 Å². The molecule has 13 heteroatoms. The SMILES string of the molecule is O=C(CN(c1ccccc1)S(=O)(=O)c1ccccc1[N+](=O)[O-])NN=Cc1cccc(C(F)(F)F)c1. The number of alkyl halides is 3. The standard InChI is InChI=1S/C22H17F3N4O5S/c23-22(24,25)17-8-6-7-16(13-17)14-26-27-21(30)15-28(18-9-2-1-3-10-18)35(33,34)20-12-5-4-11-19(20)29(31)32/h1-14H,15H2,(H,27,30). The number of carbonyl (C=O) groups is 1. The van der Waals surface area contributed by atoms with Gasteiger partial charge in [-0.2, -0.15) is 18.3 Å². The summed E-state index contributed by atoms with van der Waals surface area (Å²) in [6, 6.07) is 16.3. The first-order chi connectivity index (χ1) is 16.5. The molecule has 1 N–H and O–H groups in total. The van der Waals surface area contributed by atoms with E-state index >= 15 is 0 Å². The monoisotopic (exact) mass is 506 g/mol. The Balaban J connectivity index is 1.86. The van der Waals surface area contributed by atoms with Gasteiger partial charge in [0, 0.05) is 6.07 Å². The van der Waals surface area contributed by atoms with Gasteiger partial charge in [0.2, 0.25) is 0 Å². The number of hydrazone groups is 1. The summed E-state index contributed by atoms with van der Waals surface area (Å²) in [5.74, 6) is -0.931. The molecule has 0 fully saturated rings. The Bertz CT molecular complexity index is 1360. The zero-order valence-electron chi connectivity index (χ0n) is 17.7. The maximum absolute atomic E-state index is 13.3. The van der Waals surface area contributed by atoms with Crippen LogP contribution >= 0.6 is 0 Å². The van der Waals surface area contributed by atoms with Crippen molar-refractivity contribution in [2.45, 2.75) is 11.1 Å². The van der Waals surface area contributed by atoms with Crippen LogP contribution < -0.4 is 9.73 Å². The number of benzene rings is 3. The predicted octanol–water partition coefficient (Wildman–Crippen LogP) is 3.96. The van der Waals surface area contributed by atoms with Crippen LogP contribution in [0.4, 0.5) is 24.5 Å². The van der Waals surface area contributed by atoms with Crippen LogP contribution in [0.3, 0.4) is 0 Å². The van der Waals surface area contributed by atoms with Gasteiger partial charge in [0.1, 0.15) is 6.54 Å². The molecule has 0 saturated heterocycles. The number of hydrogen-bond acceptors (Lipinski definition) is 6. The van der Waals surface area contributed by atoms with Gasteiger partial charge >= 0.3 is 6.18 Å². The van der Waals surface area contributed by atoms with Gasteiger partial charge in [-0.15, -0.1) is 0 Å². The number of sulfonamides is 1. The van der Waals surface area contributed by atoms with Crippen LogP contribution in [0.25, 0.3) is 0 Å². The number of halogens is 3. The fourth-order valence-corrected chi connectivity index (χ4v) is 4.58. The van der Waals surface area contributed by atoms with Gasteiger partial charge < -0.3 is 0 Å². The van der Waals surface area contributed by atoms with Crippen LogP contribution in [-0.2, 0) is 21.0 Å². The van der Waals surface area contributed by atoms with E-state index < -0.39 is 49.7 Å². The lowest BCUT2D eigenvalue weighted by Gasteiger charge is -2.23. The van der Waals surface area contributed by atoms with E-state index in [1.807, 2.05) is 0 Å². The van der Waals surface area contributed by atoms with Crippen LogP contribution in [0.1, 0.15) is 11.1 Å². The summed E-state index contributed by atoms with van der Waals surface area (Å²) < 4.78 is 65.8. The quantitative estimate of drug-likeness (QED) is 0.282. The molecule has 0 aliphatic rings. The molecule has 0 atom stereocenters. The van der Waals surface area contributed by atoms with Gasteiger partial charge in [-0.05, 0) is 35.9 Å². The number of rotatable bonds is 8. The Morgan fingerprint density at radius 3 is 2.34 bits per heavy atom. The molecule has 0 radical (unpaired) electrons. The average Bonchev–Trinajstić information content (AvgIpc) is 2.82. The smallest absolute Gasteiger partial charge is 0.271 e. The zero-order valence-corrected chi connectivity index (χ0v) is 18.5. The molecule has 9 nitrogen and oxygen atoms in total. The molecule has 0 spiro atoms. The van der Waals surface area contributed by atoms with Crippen LogP contribution in [0, 0.1) is 10.1 Å². The van der Waals surface area contributed by atoms with E-state index in [4.69, 9.17) is 0 Å². The number of nitro groups is 1. The van der Waals surface area contributed by atoms with Gasteiger partial charge in [0.05, 0.1) is 22.4 Å².